The van der Waals surface area contributed by atoms with Crippen molar-refractivity contribution in [3.8, 4) is 0 Å². The van der Waals surface area contributed by atoms with Gasteiger partial charge < -0.3 is 5.11 Å². The van der Waals surface area contributed by atoms with Crippen molar-refractivity contribution in [2.24, 2.45) is 5.92 Å². The minimum absolute atomic E-state index is 0.0833. The van der Waals surface area contributed by atoms with Gasteiger partial charge in [-0.25, -0.2) is 0 Å². The normalized spacial score (nSPS) is 13.0. The minimum Gasteiger partial charge on any atom is -0.393 e. The molecule has 1 nitrogen and oxygen atoms in total. The van der Waals surface area contributed by atoms with Gasteiger partial charge in [-0.15, -0.1) is 0 Å². The summed E-state index contributed by atoms with van der Waals surface area (Å²) in [5.41, 5.74) is 0. The lowest BCUT2D eigenvalue weighted by Gasteiger charge is -2.13. The third-order valence-corrected chi connectivity index (χ3v) is 1.72. The minimum atomic E-state index is -0.0833. The third kappa shape index (κ3) is 12.6. The van der Waals surface area contributed by atoms with E-state index >= 15 is 0 Å². The van der Waals surface area contributed by atoms with Crippen LogP contribution in [0.3, 0.4) is 0 Å². The van der Waals surface area contributed by atoms with E-state index in [1.165, 1.54) is 0 Å². The van der Waals surface area contributed by atoms with Gasteiger partial charge in [0.1, 0.15) is 0 Å². The number of aliphatic hydroxyl groups is 1. The molecule has 1 N–H and O–H groups in total. The molecule has 12 heavy (non-hydrogen) atoms. The molecule has 0 amide bonds. The zero-order valence-corrected chi connectivity index (χ0v) is 10.0. The van der Waals surface area contributed by atoms with E-state index < -0.39 is 0 Å². The molecule has 78 valence electrons. The molecular formula is C11H28O. The zero-order chi connectivity index (χ0) is 10.6. The zero-order valence-electron chi connectivity index (χ0n) is 10.0. The Labute approximate surface area is 79.2 Å². The first-order chi connectivity index (χ1) is 5.72. The fourth-order valence-electron chi connectivity index (χ4n) is 0.674. The summed E-state index contributed by atoms with van der Waals surface area (Å²) in [6, 6.07) is 0. The van der Waals surface area contributed by atoms with Crippen molar-refractivity contribution < 1.29 is 5.11 Å². The van der Waals surface area contributed by atoms with E-state index in [2.05, 4.69) is 13.8 Å². The summed E-state index contributed by atoms with van der Waals surface area (Å²) in [6.45, 7) is 14.2. The highest BCUT2D eigenvalue weighted by Crippen LogP contribution is 2.09. The van der Waals surface area contributed by atoms with Crippen molar-refractivity contribution in [1.29, 1.82) is 0 Å². The maximum atomic E-state index is 9.13. The van der Waals surface area contributed by atoms with Crippen LogP contribution < -0.4 is 0 Å². The molecule has 0 rings (SSSR count). The van der Waals surface area contributed by atoms with Gasteiger partial charge in [0.2, 0.25) is 0 Å². The predicted molar refractivity (Wildman–Crippen MR) is 58.4 cm³/mol. The molecule has 0 aliphatic carbocycles. The summed E-state index contributed by atoms with van der Waals surface area (Å²) in [5, 5.41) is 9.13. The molecule has 0 fully saturated rings. The van der Waals surface area contributed by atoms with Gasteiger partial charge in [-0.05, 0) is 12.3 Å². The molecular weight excluding hydrogens is 148 g/mol. The van der Waals surface area contributed by atoms with Crippen LogP contribution >= 0.6 is 0 Å². The van der Waals surface area contributed by atoms with Crippen LogP contribution in [0.1, 0.15) is 61.3 Å². The van der Waals surface area contributed by atoms with Crippen molar-refractivity contribution in [2.45, 2.75) is 67.4 Å². The second-order valence-electron chi connectivity index (χ2n) is 2.36. The Morgan fingerprint density at radius 1 is 0.917 bits per heavy atom. The SMILES string of the molecule is CC.CC.CCC(C)C(O)CC. The second-order valence-corrected chi connectivity index (χ2v) is 2.36. The Kier molecular flexibility index (Phi) is 25.6. The van der Waals surface area contributed by atoms with Crippen molar-refractivity contribution in [1.82, 2.24) is 0 Å². The molecule has 0 radical (unpaired) electrons. The lowest BCUT2D eigenvalue weighted by molar-refractivity contribution is 0.111. The Morgan fingerprint density at radius 3 is 1.33 bits per heavy atom. The highest BCUT2D eigenvalue weighted by molar-refractivity contribution is 4.59. The molecule has 0 heterocycles. The van der Waals surface area contributed by atoms with Crippen LogP contribution in [0.5, 0.6) is 0 Å². The van der Waals surface area contributed by atoms with Crippen LogP contribution in [-0.2, 0) is 0 Å². The van der Waals surface area contributed by atoms with Gasteiger partial charge in [0.15, 0.2) is 0 Å². The van der Waals surface area contributed by atoms with E-state index in [1.807, 2.05) is 34.6 Å². The molecule has 0 aromatic rings. The van der Waals surface area contributed by atoms with Crippen molar-refractivity contribution in [3.63, 3.8) is 0 Å². The Morgan fingerprint density at radius 2 is 1.25 bits per heavy atom. The van der Waals surface area contributed by atoms with Gasteiger partial charge >= 0.3 is 0 Å². The summed E-state index contributed by atoms with van der Waals surface area (Å²) in [6.07, 6.45) is 1.88. The molecule has 0 bridgehead atoms. The van der Waals surface area contributed by atoms with Crippen LogP contribution in [-0.4, -0.2) is 11.2 Å². The number of rotatable bonds is 3. The monoisotopic (exact) mass is 176 g/mol. The highest BCUT2D eigenvalue weighted by Gasteiger charge is 2.07. The van der Waals surface area contributed by atoms with E-state index in [9.17, 15) is 0 Å². The third-order valence-electron chi connectivity index (χ3n) is 1.72. The molecule has 0 aromatic carbocycles. The first-order valence-electron chi connectivity index (χ1n) is 5.40. The number of hydrogen-bond donors (Lipinski definition) is 1. The van der Waals surface area contributed by atoms with E-state index in [0.29, 0.717) is 5.92 Å². The molecule has 0 aliphatic rings. The van der Waals surface area contributed by atoms with Gasteiger partial charge in [-0.3, -0.25) is 0 Å². The van der Waals surface area contributed by atoms with Gasteiger partial charge in [0, 0.05) is 0 Å². The molecule has 2 unspecified atom stereocenters. The van der Waals surface area contributed by atoms with E-state index in [1.54, 1.807) is 0 Å². The van der Waals surface area contributed by atoms with Gasteiger partial charge in [-0.2, -0.15) is 0 Å². The van der Waals surface area contributed by atoms with Crippen LogP contribution in [0.2, 0.25) is 0 Å². The largest absolute Gasteiger partial charge is 0.393 e. The average molecular weight is 176 g/mol. The van der Waals surface area contributed by atoms with Crippen LogP contribution in [0, 0.1) is 5.92 Å². The second kappa shape index (κ2) is 17.2. The summed E-state index contributed by atoms with van der Waals surface area (Å²) in [4.78, 5) is 0. The standard InChI is InChI=1S/C7H16O.2C2H6/c1-4-6(3)7(8)5-2;2*1-2/h6-8H,4-5H2,1-3H3;2*1-2H3. The van der Waals surface area contributed by atoms with Crippen molar-refractivity contribution >= 4 is 0 Å². The quantitative estimate of drug-likeness (QED) is 0.692. The Bertz CT molecular complexity index is 45.0. The highest BCUT2D eigenvalue weighted by atomic mass is 16.3. The molecule has 0 spiro atoms. The fraction of sp³-hybridized carbons (Fsp3) is 1.00. The molecule has 0 saturated heterocycles. The van der Waals surface area contributed by atoms with Crippen molar-refractivity contribution in [2.75, 3.05) is 0 Å². The molecule has 2 atom stereocenters. The van der Waals surface area contributed by atoms with E-state index in [4.69, 9.17) is 5.11 Å². The molecule has 1 heteroatoms. The maximum Gasteiger partial charge on any atom is 0.0563 e. The molecule has 0 aromatic heterocycles. The topological polar surface area (TPSA) is 20.2 Å². The number of aliphatic hydroxyl groups excluding tert-OH is 1. The Balaban J connectivity index is -0.000000175. The van der Waals surface area contributed by atoms with Crippen molar-refractivity contribution in [3.05, 3.63) is 0 Å². The smallest absolute Gasteiger partial charge is 0.0563 e. The summed E-state index contributed by atoms with van der Waals surface area (Å²) in [5.74, 6) is 0.472. The predicted octanol–water partition coefficient (Wildman–Crippen LogP) is 3.86. The van der Waals surface area contributed by atoms with Gasteiger partial charge in [0.05, 0.1) is 6.10 Å². The van der Waals surface area contributed by atoms with Crippen LogP contribution in [0.4, 0.5) is 0 Å². The maximum absolute atomic E-state index is 9.13. The van der Waals surface area contributed by atoms with E-state index in [-0.39, 0.29) is 6.10 Å². The summed E-state index contributed by atoms with van der Waals surface area (Å²) >= 11 is 0. The summed E-state index contributed by atoms with van der Waals surface area (Å²) < 4.78 is 0. The number of hydrogen-bond acceptors (Lipinski definition) is 1. The van der Waals surface area contributed by atoms with Crippen LogP contribution in [0.25, 0.3) is 0 Å². The first-order valence-corrected chi connectivity index (χ1v) is 5.40. The van der Waals surface area contributed by atoms with Gasteiger partial charge in [-0.1, -0.05) is 54.9 Å². The van der Waals surface area contributed by atoms with E-state index in [0.717, 1.165) is 12.8 Å². The molecule has 0 aliphatic heterocycles. The summed E-state index contributed by atoms with van der Waals surface area (Å²) in [7, 11) is 0. The first kappa shape index (κ1) is 17.9. The fourth-order valence-corrected chi connectivity index (χ4v) is 0.674. The Hall–Kier alpha value is -0.0400. The average Bonchev–Trinajstić information content (AvgIpc) is 2.21. The molecule has 0 saturated carbocycles. The van der Waals surface area contributed by atoms with Crippen LogP contribution in [0.15, 0.2) is 0 Å². The lowest BCUT2D eigenvalue weighted by Crippen LogP contribution is -2.14. The lowest BCUT2D eigenvalue weighted by atomic mass is 10.0. The van der Waals surface area contributed by atoms with Gasteiger partial charge in [0.25, 0.3) is 0 Å².